The molecular formula is C18H23NO3. The van der Waals surface area contributed by atoms with Gasteiger partial charge in [-0.1, -0.05) is 42.0 Å². The molecule has 22 heavy (non-hydrogen) atoms. The van der Waals surface area contributed by atoms with Crippen molar-refractivity contribution in [1.29, 1.82) is 0 Å². The fourth-order valence-corrected chi connectivity index (χ4v) is 2.78. The predicted octanol–water partition coefficient (Wildman–Crippen LogP) is 2.71. The zero-order chi connectivity index (χ0) is 15.9. The number of allylic oxidation sites excluding steroid dienone is 2. The van der Waals surface area contributed by atoms with Gasteiger partial charge >= 0.3 is 5.97 Å². The van der Waals surface area contributed by atoms with Crippen molar-refractivity contribution >= 4 is 11.9 Å². The maximum absolute atomic E-state index is 11.9. The molecule has 1 aromatic carbocycles. The second-order valence-electron chi connectivity index (χ2n) is 6.00. The van der Waals surface area contributed by atoms with E-state index in [1.165, 1.54) is 0 Å². The molecule has 1 amide bonds. The molecule has 0 unspecified atom stereocenters. The van der Waals surface area contributed by atoms with Gasteiger partial charge in [0.25, 0.3) is 0 Å². The number of carbonyl (C=O) groups excluding carboxylic acids is 1. The molecular weight excluding hydrogens is 278 g/mol. The van der Waals surface area contributed by atoms with E-state index in [4.69, 9.17) is 0 Å². The largest absolute Gasteiger partial charge is 0.481 e. The Bertz CT molecular complexity index is 565. The summed E-state index contributed by atoms with van der Waals surface area (Å²) in [7, 11) is 0. The van der Waals surface area contributed by atoms with Gasteiger partial charge in [-0.3, -0.25) is 9.59 Å². The molecule has 0 aromatic heterocycles. The first-order valence-electron chi connectivity index (χ1n) is 7.76. The van der Waals surface area contributed by atoms with Gasteiger partial charge in [0.15, 0.2) is 0 Å². The Kier molecular flexibility index (Phi) is 5.75. The summed E-state index contributed by atoms with van der Waals surface area (Å²) in [5, 5.41) is 12.1. The number of hydrogen-bond acceptors (Lipinski definition) is 2. The van der Waals surface area contributed by atoms with Crippen molar-refractivity contribution in [3.8, 4) is 0 Å². The van der Waals surface area contributed by atoms with E-state index < -0.39 is 11.9 Å². The van der Waals surface area contributed by atoms with Gasteiger partial charge < -0.3 is 10.4 Å². The third kappa shape index (κ3) is 5.02. The Morgan fingerprint density at radius 2 is 2.23 bits per heavy atom. The maximum atomic E-state index is 11.9. The van der Waals surface area contributed by atoms with Crippen molar-refractivity contribution in [2.45, 2.75) is 32.6 Å². The first-order valence-corrected chi connectivity index (χ1v) is 7.76. The number of hydrogen-bond donors (Lipinski definition) is 2. The lowest BCUT2D eigenvalue weighted by atomic mass is 9.98. The SMILES string of the molecule is Cc1cccc(C[C@@H](CNC(=O)C[C@H]2C=CCC2)C(=O)O)c1. The minimum atomic E-state index is -0.873. The van der Waals surface area contributed by atoms with Crippen LogP contribution >= 0.6 is 0 Å². The van der Waals surface area contributed by atoms with E-state index in [1.807, 2.05) is 31.2 Å². The average molecular weight is 301 g/mol. The second-order valence-corrected chi connectivity index (χ2v) is 6.00. The van der Waals surface area contributed by atoms with Gasteiger partial charge in [-0.25, -0.2) is 0 Å². The fourth-order valence-electron chi connectivity index (χ4n) is 2.78. The van der Waals surface area contributed by atoms with Gasteiger partial charge in [-0.15, -0.1) is 0 Å². The predicted molar refractivity (Wildman–Crippen MR) is 85.5 cm³/mol. The zero-order valence-electron chi connectivity index (χ0n) is 12.9. The first-order chi connectivity index (χ1) is 10.5. The summed E-state index contributed by atoms with van der Waals surface area (Å²) in [4.78, 5) is 23.3. The second kappa shape index (κ2) is 7.78. The summed E-state index contributed by atoms with van der Waals surface area (Å²) < 4.78 is 0. The van der Waals surface area contributed by atoms with Gasteiger partial charge in [-0.05, 0) is 37.7 Å². The summed E-state index contributed by atoms with van der Waals surface area (Å²) in [6.45, 7) is 2.16. The van der Waals surface area contributed by atoms with Crippen LogP contribution in [0.4, 0.5) is 0 Å². The van der Waals surface area contributed by atoms with Crippen LogP contribution in [-0.2, 0) is 16.0 Å². The van der Waals surface area contributed by atoms with Crippen LogP contribution < -0.4 is 5.32 Å². The van der Waals surface area contributed by atoms with Crippen LogP contribution in [0.25, 0.3) is 0 Å². The van der Waals surface area contributed by atoms with Crippen molar-refractivity contribution in [3.05, 3.63) is 47.5 Å². The molecule has 4 nitrogen and oxygen atoms in total. The molecule has 0 saturated heterocycles. The third-order valence-corrected chi connectivity index (χ3v) is 4.02. The molecule has 118 valence electrons. The number of benzene rings is 1. The summed E-state index contributed by atoms with van der Waals surface area (Å²) in [6.07, 6.45) is 7.09. The molecule has 2 atom stereocenters. The number of nitrogens with one attached hydrogen (secondary N) is 1. The highest BCUT2D eigenvalue weighted by molar-refractivity contribution is 5.78. The van der Waals surface area contributed by atoms with Crippen LogP contribution in [-0.4, -0.2) is 23.5 Å². The Labute approximate surface area is 131 Å². The number of aliphatic carboxylic acids is 1. The van der Waals surface area contributed by atoms with Crippen LogP contribution in [0.3, 0.4) is 0 Å². The molecule has 0 fully saturated rings. The zero-order valence-corrected chi connectivity index (χ0v) is 12.9. The third-order valence-electron chi connectivity index (χ3n) is 4.02. The van der Waals surface area contributed by atoms with E-state index in [1.54, 1.807) is 0 Å². The number of aryl methyl sites for hydroxylation is 1. The van der Waals surface area contributed by atoms with Crippen LogP contribution in [0.1, 0.15) is 30.4 Å². The van der Waals surface area contributed by atoms with Gasteiger partial charge in [0, 0.05) is 13.0 Å². The first kappa shape index (κ1) is 16.3. The minimum Gasteiger partial charge on any atom is -0.481 e. The maximum Gasteiger partial charge on any atom is 0.308 e. The lowest BCUT2D eigenvalue weighted by Crippen LogP contribution is -2.34. The van der Waals surface area contributed by atoms with Crippen molar-refractivity contribution in [2.24, 2.45) is 11.8 Å². The highest BCUT2D eigenvalue weighted by Gasteiger charge is 2.20. The van der Waals surface area contributed by atoms with Crippen LogP contribution in [0.5, 0.6) is 0 Å². The van der Waals surface area contributed by atoms with Gasteiger partial charge in [0.2, 0.25) is 5.91 Å². The number of carboxylic acid groups (broad SMARTS) is 1. The van der Waals surface area contributed by atoms with Crippen molar-refractivity contribution in [2.75, 3.05) is 6.54 Å². The van der Waals surface area contributed by atoms with E-state index in [0.29, 0.717) is 18.8 Å². The minimum absolute atomic E-state index is 0.0629. The number of carboxylic acids is 1. The fraction of sp³-hybridized carbons (Fsp3) is 0.444. The standard InChI is InChI=1S/C18H23NO3/c1-13-5-4-8-15(9-13)10-16(18(21)22)12-19-17(20)11-14-6-2-3-7-14/h2,4-6,8-9,14,16H,3,7,10-12H2,1H3,(H,19,20)(H,21,22)/t14-,16-/m0/s1. The monoisotopic (exact) mass is 301 g/mol. The van der Waals surface area contributed by atoms with Crippen LogP contribution in [0.15, 0.2) is 36.4 Å². The highest BCUT2D eigenvalue weighted by atomic mass is 16.4. The van der Waals surface area contributed by atoms with Crippen LogP contribution in [0.2, 0.25) is 0 Å². The molecule has 4 heteroatoms. The highest BCUT2D eigenvalue weighted by Crippen LogP contribution is 2.20. The molecule has 2 N–H and O–H groups in total. The number of amides is 1. The van der Waals surface area contributed by atoms with Gasteiger partial charge in [-0.2, -0.15) is 0 Å². The number of carbonyl (C=O) groups is 2. The molecule has 1 aliphatic rings. The summed E-state index contributed by atoms with van der Waals surface area (Å²) in [5.41, 5.74) is 2.10. The molecule has 0 radical (unpaired) electrons. The average Bonchev–Trinajstić information content (AvgIpc) is 2.96. The molecule has 0 bridgehead atoms. The van der Waals surface area contributed by atoms with E-state index in [2.05, 4.69) is 17.5 Å². The molecule has 0 aliphatic heterocycles. The molecule has 0 saturated carbocycles. The summed E-state index contributed by atoms with van der Waals surface area (Å²) in [5.74, 6) is -1.22. The Morgan fingerprint density at radius 1 is 1.41 bits per heavy atom. The lowest BCUT2D eigenvalue weighted by Gasteiger charge is -2.15. The molecule has 1 aliphatic carbocycles. The molecule has 2 rings (SSSR count). The van der Waals surface area contributed by atoms with E-state index in [9.17, 15) is 14.7 Å². The molecule has 1 aromatic rings. The van der Waals surface area contributed by atoms with Crippen molar-refractivity contribution < 1.29 is 14.7 Å². The number of rotatable bonds is 7. The summed E-state index contributed by atoms with van der Waals surface area (Å²) >= 11 is 0. The van der Waals surface area contributed by atoms with Gasteiger partial charge in [0.1, 0.15) is 0 Å². The normalized spacial score (nSPS) is 18.1. The van der Waals surface area contributed by atoms with E-state index in [0.717, 1.165) is 24.0 Å². The van der Waals surface area contributed by atoms with Crippen molar-refractivity contribution in [1.82, 2.24) is 5.32 Å². The smallest absolute Gasteiger partial charge is 0.308 e. The van der Waals surface area contributed by atoms with Crippen molar-refractivity contribution in [3.63, 3.8) is 0 Å². The van der Waals surface area contributed by atoms with E-state index >= 15 is 0 Å². The molecule has 0 heterocycles. The Hall–Kier alpha value is -2.10. The van der Waals surface area contributed by atoms with Crippen LogP contribution in [0, 0.1) is 18.8 Å². The van der Waals surface area contributed by atoms with Gasteiger partial charge in [0.05, 0.1) is 5.92 Å². The quantitative estimate of drug-likeness (QED) is 0.761. The lowest BCUT2D eigenvalue weighted by molar-refractivity contribution is -0.141. The Morgan fingerprint density at radius 3 is 2.86 bits per heavy atom. The van der Waals surface area contributed by atoms with E-state index in [-0.39, 0.29) is 12.5 Å². The summed E-state index contributed by atoms with van der Waals surface area (Å²) in [6, 6.07) is 7.82. The Balaban J connectivity index is 1.84. The topological polar surface area (TPSA) is 66.4 Å². The molecule has 0 spiro atoms.